The number of hydrogen-bond donors (Lipinski definition) is 1. The quantitative estimate of drug-likeness (QED) is 0.302. The van der Waals surface area contributed by atoms with Gasteiger partial charge in [0.1, 0.15) is 0 Å². The van der Waals surface area contributed by atoms with Crippen LogP contribution in [0.3, 0.4) is 0 Å². The summed E-state index contributed by atoms with van der Waals surface area (Å²) in [6.07, 6.45) is 5.45. The summed E-state index contributed by atoms with van der Waals surface area (Å²) in [6.45, 7) is 4.80. The fourth-order valence-electron chi connectivity index (χ4n) is 4.98. The van der Waals surface area contributed by atoms with Gasteiger partial charge in [-0.15, -0.1) is 0 Å². The Morgan fingerprint density at radius 2 is 1.94 bits per heavy atom. The molecule has 1 aromatic carbocycles. The molecular formula is C28H27N5O2S. The molecule has 7 nitrogen and oxygen atoms in total. The van der Waals surface area contributed by atoms with E-state index in [4.69, 9.17) is 17.0 Å². The summed E-state index contributed by atoms with van der Waals surface area (Å²) in [5.74, 6) is -0.359. The number of ether oxygens (including phenoxy) is 1. The van der Waals surface area contributed by atoms with Crippen molar-refractivity contribution in [3.05, 3.63) is 113 Å². The van der Waals surface area contributed by atoms with Crippen molar-refractivity contribution < 1.29 is 9.53 Å². The number of esters is 1. The third-order valence-electron chi connectivity index (χ3n) is 6.59. The molecule has 0 amide bonds. The summed E-state index contributed by atoms with van der Waals surface area (Å²) in [5.41, 5.74) is 6.69. The molecule has 2 atom stereocenters. The number of benzene rings is 1. The monoisotopic (exact) mass is 497 g/mol. The zero-order chi connectivity index (χ0) is 25.2. The Morgan fingerprint density at radius 1 is 1.08 bits per heavy atom. The molecule has 0 radical (unpaired) electrons. The first-order chi connectivity index (χ1) is 17.5. The van der Waals surface area contributed by atoms with Crippen LogP contribution in [0.25, 0.3) is 5.69 Å². The van der Waals surface area contributed by atoms with Crippen molar-refractivity contribution in [3.8, 4) is 5.69 Å². The summed E-state index contributed by atoms with van der Waals surface area (Å²) >= 11 is 5.84. The minimum absolute atomic E-state index is 0.0867. The van der Waals surface area contributed by atoms with Crippen molar-refractivity contribution in [3.63, 3.8) is 0 Å². The van der Waals surface area contributed by atoms with Crippen LogP contribution in [0.1, 0.15) is 50.7 Å². The molecule has 0 unspecified atom stereocenters. The Morgan fingerprint density at radius 3 is 2.67 bits per heavy atom. The number of nitrogens with one attached hydrogen (secondary N) is 1. The number of pyridine rings is 2. The van der Waals surface area contributed by atoms with E-state index in [-0.39, 0.29) is 18.1 Å². The third kappa shape index (κ3) is 4.35. The number of thiocarbonyl (C=S) groups is 1. The van der Waals surface area contributed by atoms with E-state index in [1.54, 1.807) is 12.3 Å². The van der Waals surface area contributed by atoms with Gasteiger partial charge in [0, 0.05) is 42.2 Å². The highest BCUT2D eigenvalue weighted by Gasteiger charge is 2.41. The van der Waals surface area contributed by atoms with Gasteiger partial charge in [-0.3, -0.25) is 9.97 Å². The maximum absolute atomic E-state index is 12.2. The van der Waals surface area contributed by atoms with Crippen LogP contribution >= 0.6 is 12.2 Å². The van der Waals surface area contributed by atoms with Crippen LogP contribution in [0, 0.1) is 13.8 Å². The number of aryl methyl sites for hydroxylation is 1. The molecule has 3 aromatic heterocycles. The van der Waals surface area contributed by atoms with Crippen molar-refractivity contribution in [1.29, 1.82) is 0 Å². The lowest BCUT2D eigenvalue weighted by atomic mass is 9.96. The van der Waals surface area contributed by atoms with E-state index in [9.17, 15) is 4.79 Å². The van der Waals surface area contributed by atoms with Crippen LogP contribution in [-0.4, -0.2) is 37.6 Å². The molecule has 0 saturated carbocycles. The Labute approximate surface area is 215 Å². The van der Waals surface area contributed by atoms with E-state index in [1.807, 2.05) is 54.9 Å². The summed E-state index contributed by atoms with van der Waals surface area (Å²) in [7, 11) is 1.39. The number of methoxy groups -OCH3 is 1. The maximum atomic E-state index is 12.2. The zero-order valence-corrected chi connectivity index (χ0v) is 21.2. The number of hydrogen-bond acceptors (Lipinski definition) is 5. The number of carbonyl (C=O) groups is 1. The first-order valence-corrected chi connectivity index (χ1v) is 12.1. The van der Waals surface area contributed by atoms with Crippen LogP contribution in [0.15, 0.2) is 79.3 Å². The van der Waals surface area contributed by atoms with E-state index in [2.05, 4.69) is 50.7 Å². The van der Waals surface area contributed by atoms with Gasteiger partial charge in [0.2, 0.25) is 0 Å². The molecule has 1 fully saturated rings. The molecule has 0 bridgehead atoms. The maximum Gasteiger partial charge on any atom is 0.337 e. The number of rotatable bonds is 6. The average molecular weight is 498 g/mol. The highest BCUT2D eigenvalue weighted by molar-refractivity contribution is 7.80. The summed E-state index contributed by atoms with van der Waals surface area (Å²) in [6, 6.07) is 19.4. The number of nitrogens with zero attached hydrogens (tertiary/aromatic N) is 4. The highest BCUT2D eigenvalue weighted by atomic mass is 32.1. The normalized spacial score (nSPS) is 17.2. The zero-order valence-electron chi connectivity index (χ0n) is 20.4. The number of carbonyl (C=O) groups excluding carboxylic acids is 1. The average Bonchev–Trinajstić information content (AvgIpc) is 3.39. The molecule has 4 aromatic rings. The Kier molecular flexibility index (Phi) is 6.52. The summed E-state index contributed by atoms with van der Waals surface area (Å²) in [5, 5.41) is 4.20. The van der Waals surface area contributed by atoms with Gasteiger partial charge < -0.3 is 19.5 Å². The molecule has 36 heavy (non-hydrogen) atoms. The van der Waals surface area contributed by atoms with E-state index in [1.165, 1.54) is 7.11 Å². The van der Waals surface area contributed by atoms with Crippen LogP contribution in [0.2, 0.25) is 0 Å². The molecule has 1 aliphatic heterocycles. The first-order valence-electron chi connectivity index (χ1n) is 11.7. The Hall–Kier alpha value is -4.04. The molecule has 0 aliphatic carbocycles. The molecule has 182 valence electrons. The lowest BCUT2D eigenvalue weighted by molar-refractivity contribution is 0.0600. The summed E-state index contributed by atoms with van der Waals surface area (Å²) in [4.78, 5) is 23.3. The molecule has 4 heterocycles. The topological polar surface area (TPSA) is 72.3 Å². The minimum atomic E-state index is -0.359. The van der Waals surface area contributed by atoms with Gasteiger partial charge in [0.25, 0.3) is 0 Å². The second kappa shape index (κ2) is 9.91. The minimum Gasteiger partial charge on any atom is -0.465 e. The van der Waals surface area contributed by atoms with Crippen LogP contribution < -0.4 is 5.32 Å². The lowest BCUT2D eigenvalue weighted by Crippen LogP contribution is -2.29. The Balaban J connectivity index is 1.61. The summed E-state index contributed by atoms with van der Waals surface area (Å²) < 4.78 is 7.10. The van der Waals surface area contributed by atoms with Gasteiger partial charge in [0.05, 0.1) is 30.5 Å². The predicted molar refractivity (Wildman–Crippen MR) is 142 cm³/mol. The van der Waals surface area contributed by atoms with Gasteiger partial charge in [-0.1, -0.05) is 18.2 Å². The molecule has 1 aliphatic rings. The fourth-order valence-corrected chi connectivity index (χ4v) is 5.28. The van der Waals surface area contributed by atoms with Crippen molar-refractivity contribution in [2.45, 2.75) is 32.5 Å². The van der Waals surface area contributed by atoms with E-state index < -0.39 is 0 Å². The molecule has 8 heteroatoms. The largest absolute Gasteiger partial charge is 0.465 e. The molecule has 0 spiro atoms. The number of aromatic nitrogens is 3. The van der Waals surface area contributed by atoms with Gasteiger partial charge >= 0.3 is 5.97 Å². The van der Waals surface area contributed by atoms with Gasteiger partial charge in [-0.05, 0) is 79.7 Å². The van der Waals surface area contributed by atoms with Crippen LogP contribution in [-0.2, 0) is 11.3 Å². The highest BCUT2D eigenvalue weighted by Crippen LogP contribution is 2.42. The molecule has 5 rings (SSSR count). The van der Waals surface area contributed by atoms with E-state index >= 15 is 0 Å². The van der Waals surface area contributed by atoms with Crippen molar-refractivity contribution in [2.24, 2.45) is 0 Å². The van der Waals surface area contributed by atoms with Gasteiger partial charge in [0.15, 0.2) is 5.11 Å². The second-order valence-electron chi connectivity index (χ2n) is 8.82. The van der Waals surface area contributed by atoms with Crippen molar-refractivity contribution in [1.82, 2.24) is 24.8 Å². The standard InChI is InChI=1S/C28H27N5O2S/c1-18-14-23(19(2)33(18)22-10-6-9-21(15-22)27(34)35-3)26-25(24-11-4-5-13-30-24)31-28(36)32(26)17-20-8-7-12-29-16-20/h4-16,25-26H,17H2,1-3H3,(H,31,36)/t25-,26-/m0/s1. The molecule has 1 saturated heterocycles. The predicted octanol–water partition coefficient (Wildman–Crippen LogP) is 4.84. The Bertz CT molecular complexity index is 1400. The van der Waals surface area contributed by atoms with Crippen LogP contribution in [0.5, 0.6) is 0 Å². The van der Waals surface area contributed by atoms with E-state index in [0.717, 1.165) is 33.9 Å². The molecular weight excluding hydrogens is 470 g/mol. The first kappa shape index (κ1) is 23.7. The van der Waals surface area contributed by atoms with Gasteiger partial charge in [-0.2, -0.15) is 0 Å². The van der Waals surface area contributed by atoms with Crippen molar-refractivity contribution >= 4 is 23.3 Å². The smallest absolute Gasteiger partial charge is 0.337 e. The SMILES string of the molecule is COC(=O)c1cccc(-n2c(C)cc([C@H]3[C@H](c4ccccn4)NC(=S)N3Cc3cccnc3)c2C)c1. The van der Waals surface area contributed by atoms with Gasteiger partial charge in [-0.25, -0.2) is 4.79 Å². The van der Waals surface area contributed by atoms with Crippen LogP contribution in [0.4, 0.5) is 0 Å². The van der Waals surface area contributed by atoms with Crippen molar-refractivity contribution in [2.75, 3.05) is 7.11 Å². The molecule has 1 N–H and O–H groups in total. The second-order valence-corrected chi connectivity index (χ2v) is 9.21. The van der Waals surface area contributed by atoms with E-state index in [0.29, 0.717) is 17.2 Å². The fraction of sp³-hybridized carbons (Fsp3) is 0.214. The third-order valence-corrected chi connectivity index (χ3v) is 6.94. The lowest BCUT2D eigenvalue weighted by Gasteiger charge is -2.28.